The van der Waals surface area contributed by atoms with Crippen LogP contribution in [0.1, 0.15) is 15.9 Å². The zero-order valence-corrected chi connectivity index (χ0v) is 14.7. The van der Waals surface area contributed by atoms with Crippen LogP contribution in [0.3, 0.4) is 0 Å². The molecule has 0 bridgehead atoms. The SMILES string of the molecule is Cc1cc(C(=O)[O-])ccc1NC(=O)CSc1ncn(-c2ccccc2)n1. The van der Waals surface area contributed by atoms with Gasteiger partial charge < -0.3 is 15.2 Å². The number of carbonyl (C=O) groups is 2. The standard InChI is InChI=1S/C18H16N4O3S/c1-12-9-13(17(24)25)7-8-15(12)20-16(23)10-26-18-19-11-22(21-18)14-5-3-2-4-6-14/h2-9,11H,10H2,1H3,(H,20,23)(H,24,25)/p-1. The Morgan fingerprint density at radius 3 is 2.65 bits per heavy atom. The van der Waals surface area contributed by atoms with Gasteiger partial charge in [0.1, 0.15) is 6.33 Å². The molecule has 0 aliphatic heterocycles. The molecule has 0 fully saturated rings. The fourth-order valence-electron chi connectivity index (χ4n) is 2.27. The van der Waals surface area contributed by atoms with Crippen LogP contribution in [0.25, 0.3) is 5.69 Å². The number of aromatic carboxylic acids is 1. The van der Waals surface area contributed by atoms with Crippen molar-refractivity contribution in [2.45, 2.75) is 12.1 Å². The van der Waals surface area contributed by atoms with E-state index in [2.05, 4.69) is 15.4 Å². The molecule has 2 aromatic carbocycles. The summed E-state index contributed by atoms with van der Waals surface area (Å²) in [6.07, 6.45) is 1.60. The third-order valence-corrected chi connectivity index (χ3v) is 4.41. The van der Waals surface area contributed by atoms with Crippen molar-refractivity contribution in [2.75, 3.05) is 11.1 Å². The summed E-state index contributed by atoms with van der Waals surface area (Å²) in [5.74, 6) is -1.34. The van der Waals surface area contributed by atoms with Crippen LogP contribution in [0.4, 0.5) is 5.69 Å². The average molecular weight is 367 g/mol. The Balaban J connectivity index is 1.58. The maximum atomic E-state index is 12.1. The number of aromatic nitrogens is 3. The van der Waals surface area contributed by atoms with Crippen molar-refractivity contribution in [3.05, 3.63) is 66.0 Å². The molecule has 0 aliphatic rings. The zero-order valence-electron chi connectivity index (χ0n) is 13.9. The number of thioether (sulfide) groups is 1. The van der Waals surface area contributed by atoms with Crippen LogP contribution >= 0.6 is 11.8 Å². The largest absolute Gasteiger partial charge is 0.545 e. The van der Waals surface area contributed by atoms with E-state index in [0.29, 0.717) is 16.4 Å². The first-order chi connectivity index (χ1) is 12.5. The number of rotatable bonds is 6. The topological polar surface area (TPSA) is 99.9 Å². The molecule has 1 heterocycles. The number of carboxylic acids is 1. The molecule has 8 heteroatoms. The van der Waals surface area contributed by atoms with E-state index in [0.717, 1.165) is 5.69 Å². The third kappa shape index (κ3) is 4.28. The molecule has 26 heavy (non-hydrogen) atoms. The molecule has 1 amide bonds. The van der Waals surface area contributed by atoms with Crippen molar-refractivity contribution in [2.24, 2.45) is 0 Å². The predicted octanol–water partition coefficient (Wildman–Crippen LogP) is 1.67. The molecule has 0 saturated heterocycles. The van der Waals surface area contributed by atoms with Crippen LogP contribution in [0.15, 0.2) is 60.0 Å². The van der Waals surface area contributed by atoms with E-state index in [1.165, 1.54) is 23.9 Å². The highest BCUT2D eigenvalue weighted by Crippen LogP contribution is 2.18. The van der Waals surface area contributed by atoms with Gasteiger partial charge in [-0.2, -0.15) is 0 Å². The van der Waals surface area contributed by atoms with E-state index < -0.39 is 5.97 Å². The van der Waals surface area contributed by atoms with Gasteiger partial charge in [0.25, 0.3) is 0 Å². The number of para-hydroxylation sites is 1. The van der Waals surface area contributed by atoms with Gasteiger partial charge in [0.05, 0.1) is 17.4 Å². The lowest BCUT2D eigenvalue weighted by Gasteiger charge is -2.10. The van der Waals surface area contributed by atoms with E-state index in [1.807, 2.05) is 30.3 Å². The minimum absolute atomic E-state index is 0.0746. The highest BCUT2D eigenvalue weighted by atomic mass is 32.2. The Bertz CT molecular complexity index is 941. The van der Waals surface area contributed by atoms with Gasteiger partial charge in [-0.15, -0.1) is 5.10 Å². The lowest BCUT2D eigenvalue weighted by atomic mass is 10.1. The fraction of sp³-hybridized carbons (Fsp3) is 0.111. The Morgan fingerprint density at radius 1 is 1.19 bits per heavy atom. The molecule has 3 aromatic rings. The summed E-state index contributed by atoms with van der Waals surface area (Å²) in [4.78, 5) is 27.1. The molecule has 3 rings (SSSR count). The number of carbonyl (C=O) groups excluding carboxylic acids is 2. The summed E-state index contributed by atoms with van der Waals surface area (Å²) >= 11 is 1.22. The van der Waals surface area contributed by atoms with Crippen molar-refractivity contribution in [3.8, 4) is 5.69 Å². The number of carboxylic acid groups (broad SMARTS) is 1. The smallest absolute Gasteiger partial charge is 0.234 e. The quantitative estimate of drug-likeness (QED) is 0.665. The highest BCUT2D eigenvalue weighted by Gasteiger charge is 2.09. The summed E-state index contributed by atoms with van der Waals surface area (Å²) in [7, 11) is 0. The molecule has 0 spiro atoms. The summed E-state index contributed by atoms with van der Waals surface area (Å²) in [5, 5.41) is 18.4. The van der Waals surface area contributed by atoms with Crippen LogP contribution < -0.4 is 10.4 Å². The second-order valence-electron chi connectivity index (χ2n) is 5.46. The predicted molar refractivity (Wildman–Crippen MR) is 96.2 cm³/mol. The Labute approximate surface area is 154 Å². The number of nitrogens with zero attached hydrogens (tertiary/aromatic N) is 3. The zero-order chi connectivity index (χ0) is 18.5. The van der Waals surface area contributed by atoms with Gasteiger partial charge >= 0.3 is 0 Å². The number of nitrogens with one attached hydrogen (secondary N) is 1. The molecule has 0 unspecified atom stereocenters. The highest BCUT2D eigenvalue weighted by molar-refractivity contribution is 7.99. The lowest BCUT2D eigenvalue weighted by molar-refractivity contribution is -0.255. The van der Waals surface area contributed by atoms with Crippen LogP contribution in [-0.4, -0.2) is 32.4 Å². The fourth-order valence-corrected chi connectivity index (χ4v) is 2.87. The number of aryl methyl sites for hydroxylation is 1. The van der Waals surface area contributed by atoms with Crippen molar-refractivity contribution in [3.63, 3.8) is 0 Å². The Morgan fingerprint density at radius 2 is 1.96 bits per heavy atom. The summed E-state index contributed by atoms with van der Waals surface area (Å²) in [6, 6.07) is 14.0. The monoisotopic (exact) mass is 367 g/mol. The first kappa shape index (κ1) is 17.7. The third-order valence-electron chi connectivity index (χ3n) is 3.56. The van der Waals surface area contributed by atoms with E-state index in [-0.39, 0.29) is 17.2 Å². The van der Waals surface area contributed by atoms with Gasteiger partial charge in [-0.1, -0.05) is 36.0 Å². The molecule has 0 atom stereocenters. The number of benzene rings is 2. The molecule has 0 saturated carbocycles. The lowest BCUT2D eigenvalue weighted by Crippen LogP contribution is -2.22. The number of hydrogen-bond donors (Lipinski definition) is 1. The van der Waals surface area contributed by atoms with Gasteiger partial charge in [0.2, 0.25) is 11.1 Å². The summed E-state index contributed by atoms with van der Waals surface area (Å²) < 4.78 is 1.64. The molecular weight excluding hydrogens is 352 g/mol. The molecule has 1 N–H and O–H groups in total. The van der Waals surface area contributed by atoms with Crippen molar-refractivity contribution >= 4 is 29.3 Å². The van der Waals surface area contributed by atoms with E-state index in [1.54, 1.807) is 24.0 Å². The summed E-state index contributed by atoms with van der Waals surface area (Å²) in [6.45, 7) is 1.72. The van der Waals surface area contributed by atoms with Gasteiger partial charge in [-0.25, -0.2) is 9.67 Å². The van der Waals surface area contributed by atoms with E-state index in [9.17, 15) is 14.7 Å². The van der Waals surface area contributed by atoms with Crippen LogP contribution in [0.2, 0.25) is 0 Å². The molecular formula is C18H15N4O3S-. The molecule has 1 aromatic heterocycles. The molecule has 0 aliphatic carbocycles. The minimum Gasteiger partial charge on any atom is -0.545 e. The second kappa shape index (κ2) is 7.83. The van der Waals surface area contributed by atoms with Gasteiger partial charge in [0, 0.05) is 5.69 Å². The second-order valence-corrected chi connectivity index (χ2v) is 6.40. The van der Waals surface area contributed by atoms with Crippen LogP contribution in [0, 0.1) is 6.92 Å². The number of hydrogen-bond acceptors (Lipinski definition) is 6. The van der Waals surface area contributed by atoms with Gasteiger partial charge in [-0.3, -0.25) is 4.79 Å². The average Bonchev–Trinajstić information content (AvgIpc) is 3.11. The van der Waals surface area contributed by atoms with Gasteiger partial charge in [-0.05, 0) is 42.3 Å². The Hall–Kier alpha value is -3.13. The Kier molecular flexibility index (Phi) is 5.33. The number of amides is 1. The molecule has 7 nitrogen and oxygen atoms in total. The van der Waals surface area contributed by atoms with Gasteiger partial charge in [0.15, 0.2) is 0 Å². The molecule has 132 valence electrons. The summed E-state index contributed by atoms with van der Waals surface area (Å²) in [5.41, 5.74) is 2.17. The first-order valence-electron chi connectivity index (χ1n) is 7.74. The maximum absolute atomic E-state index is 12.1. The van der Waals surface area contributed by atoms with Crippen LogP contribution in [-0.2, 0) is 4.79 Å². The first-order valence-corrected chi connectivity index (χ1v) is 8.73. The van der Waals surface area contributed by atoms with E-state index in [4.69, 9.17) is 0 Å². The maximum Gasteiger partial charge on any atom is 0.234 e. The minimum atomic E-state index is -1.25. The van der Waals surface area contributed by atoms with Crippen molar-refractivity contribution in [1.29, 1.82) is 0 Å². The van der Waals surface area contributed by atoms with Crippen molar-refractivity contribution < 1.29 is 14.7 Å². The number of anilines is 1. The van der Waals surface area contributed by atoms with Crippen molar-refractivity contribution in [1.82, 2.24) is 14.8 Å². The van der Waals surface area contributed by atoms with E-state index >= 15 is 0 Å². The normalized spacial score (nSPS) is 10.5. The van der Waals surface area contributed by atoms with Crippen LogP contribution in [0.5, 0.6) is 0 Å². The molecule has 0 radical (unpaired) electrons.